The standard InChI is InChI=1S/C21H23F3N4OS/c1-14-7-11-28(17-12-16(21(22,23)24)5-6-18(17)30-14)19(29)15-4-2-10-27(13-15)20-25-8-3-9-26-20/h3,5-6,8-9,12,14-15H,2,4,7,10-11,13H2,1H3. The average Bonchev–Trinajstić information content (AvgIpc) is 2.91. The van der Waals surface area contributed by atoms with Gasteiger partial charge in [-0.2, -0.15) is 13.2 Å². The summed E-state index contributed by atoms with van der Waals surface area (Å²) in [5.41, 5.74) is -0.352. The number of hydrogen-bond acceptors (Lipinski definition) is 5. The van der Waals surface area contributed by atoms with Crippen LogP contribution >= 0.6 is 11.8 Å². The summed E-state index contributed by atoms with van der Waals surface area (Å²) in [5, 5.41) is 0.221. The summed E-state index contributed by atoms with van der Waals surface area (Å²) >= 11 is 1.53. The van der Waals surface area contributed by atoms with E-state index in [-0.39, 0.29) is 17.1 Å². The SMILES string of the molecule is CC1CCN(C(=O)C2CCCN(c3ncccn3)C2)c2cc(C(F)(F)F)ccc2S1. The molecule has 3 heterocycles. The van der Waals surface area contributed by atoms with Crippen LogP contribution in [0.4, 0.5) is 24.8 Å². The Hall–Kier alpha value is -2.29. The number of nitrogens with zero attached hydrogens (tertiary/aromatic N) is 4. The first-order chi connectivity index (χ1) is 14.3. The van der Waals surface area contributed by atoms with Crippen molar-refractivity contribution in [3.05, 3.63) is 42.2 Å². The number of benzene rings is 1. The lowest BCUT2D eigenvalue weighted by molar-refractivity contribution is -0.137. The second kappa shape index (κ2) is 8.45. The molecule has 0 bridgehead atoms. The Labute approximate surface area is 177 Å². The Morgan fingerprint density at radius 2 is 1.93 bits per heavy atom. The summed E-state index contributed by atoms with van der Waals surface area (Å²) in [7, 11) is 0. The number of piperidine rings is 1. The van der Waals surface area contributed by atoms with Gasteiger partial charge in [0.25, 0.3) is 0 Å². The molecule has 1 aromatic carbocycles. The van der Waals surface area contributed by atoms with E-state index in [9.17, 15) is 18.0 Å². The van der Waals surface area contributed by atoms with Crippen molar-refractivity contribution < 1.29 is 18.0 Å². The zero-order chi connectivity index (χ0) is 21.3. The monoisotopic (exact) mass is 436 g/mol. The summed E-state index contributed by atoms with van der Waals surface area (Å²) in [6.45, 7) is 3.68. The van der Waals surface area contributed by atoms with Gasteiger partial charge in [-0.25, -0.2) is 9.97 Å². The van der Waals surface area contributed by atoms with E-state index in [2.05, 4.69) is 9.97 Å². The highest BCUT2D eigenvalue weighted by atomic mass is 32.2. The lowest BCUT2D eigenvalue weighted by atomic mass is 9.96. The van der Waals surface area contributed by atoms with Crippen LogP contribution in [0.5, 0.6) is 0 Å². The highest BCUT2D eigenvalue weighted by Crippen LogP contribution is 2.42. The number of alkyl halides is 3. The maximum absolute atomic E-state index is 13.5. The topological polar surface area (TPSA) is 49.3 Å². The minimum atomic E-state index is -4.45. The van der Waals surface area contributed by atoms with E-state index in [0.717, 1.165) is 36.4 Å². The van der Waals surface area contributed by atoms with E-state index in [1.54, 1.807) is 23.4 Å². The van der Waals surface area contributed by atoms with Crippen LogP contribution in [0, 0.1) is 5.92 Å². The van der Waals surface area contributed by atoms with Gasteiger partial charge in [0.15, 0.2) is 0 Å². The third-order valence-electron chi connectivity index (χ3n) is 5.54. The number of thioether (sulfide) groups is 1. The molecular weight excluding hydrogens is 413 g/mol. The minimum absolute atomic E-state index is 0.120. The van der Waals surface area contributed by atoms with Gasteiger partial charge in [0, 0.05) is 42.2 Å². The van der Waals surface area contributed by atoms with Gasteiger partial charge in [0.2, 0.25) is 11.9 Å². The van der Waals surface area contributed by atoms with Crippen LogP contribution in [0.15, 0.2) is 41.6 Å². The number of carbonyl (C=O) groups is 1. The molecule has 1 aromatic heterocycles. The molecule has 2 aliphatic rings. The van der Waals surface area contributed by atoms with E-state index in [4.69, 9.17) is 0 Å². The van der Waals surface area contributed by atoms with Crippen molar-refractivity contribution in [2.75, 3.05) is 29.4 Å². The smallest absolute Gasteiger partial charge is 0.340 e. The van der Waals surface area contributed by atoms with Crippen LogP contribution in [0.3, 0.4) is 0 Å². The van der Waals surface area contributed by atoms with Crippen molar-refractivity contribution in [3.63, 3.8) is 0 Å². The fourth-order valence-electron chi connectivity index (χ4n) is 3.98. The quantitative estimate of drug-likeness (QED) is 0.687. The van der Waals surface area contributed by atoms with Crippen LogP contribution in [0.2, 0.25) is 0 Å². The predicted molar refractivity (Wildman–Crippen MR) is 111 cm³/mol. The number of aromatic nitrogens is 2. The normalized spacial score (nSPS) is 22.4. The molecule has 9 heteroatoms. The van der Waals surface area contributed by atoms with Crippen LogP contribution < -0.4 is 9.80 Å². The van der Waals surface area contributed by atoms with Crippen molar-refractivity contribution in [3.8, 4) is 0 Å². The number of carbonyl (C=O) groups excluding carboxylic acids is 1. The van der Waals surface area contributed by atoms with Gasteiger partial charge in [-0.1, -0.05) is 6.92 Å². The number of rotatable bonds is 2. The largest absolute Gasteiger partial charge is 0.416 e. The molecule has 1 fully saturated rings. The highest BCUT2D eigenvalue weighted by molar-refractivity contribution is 8.00. The van der Waals surface area contributed by atoms with Crippen molar-refractivity contribution in [2.24, 2.45) is 5.92 Å². The zero-order valence-electron chi connectivity index (χ0n) is 16.6. The second-order valence-electron chi connectivity index (χ2n) is 7.72. The van der Waals surface area contributed by atoms with Gasteiger partial charge in [0.1, 0.15) is 0 Å². The number of halogens is 3. The minimum Gasteiger partial charge on any atom is -0.340 e. The van der Waals surface area contributed by atoms with Gasteiger partial charge in [-0.05, 0) is 43.5 Å². The second-order valence-corrected chi connectivity index (χ2v) is 9.20. The first-order valence-electron chi connectivity index (χ1n) is 10.0. The summed E-state index contributed by atoms with van der Waals surface area (Å²) in [6.07, 6.45) is 1.12. The number of fused-ring (bicyclic) bond motifs is 1. The highest BCUT2D eigenvalue weighted by Gasteiger charge is 2.36. The fourth-order valence-corrected chi connectivity index (χ4v) is 5.07. The molecule has 0 spiro atoms. The molecule has 0 radical (unpaired) electrons. The fraction of sp³-hybridized carbons (Fsp3) is 0.476. The van der Waals surface area contributed by atoms with Crippen molar-refractivity contribution in [1.82, 2.24) is 9.97 Å². The first-order valence-corrected chi connectivity index (χ1v) is 10.9. The molecule has 0 aliphatic carbocycles. The molecule has 1 amide bonds. The summed E-state index contributed by atoms with van der Waals surface area (Å²) in [6, 6.07) is 5.46. The molecule has 1 saturated heterocycles. The third-order valence-corrected chi connectivity index (χ3v) is 6.77. The number of anilines is 2. The van der Waals surface area contributed by atoms with E-state index < -0.39 is 11.7 Å². The van der Waals surface area contributed by atoms with Crippen LogP contribution in [0.1, 0.15) is 31.7 Å². The molecule has 2 atom stereocenters. The predicted octanol–water partition coefficient (Wildman–Crippen LogP) is 4.63. The first kappa shape index (κ1) is 21.0. The maximum atomic E-state index is 13.5. The molecule has 2 aromatic rings. The number of amides is 1. The summed E-state index contributed by atoms with van der Waals surface area (Å²) in [4.78, 5) is 26.3. The molecular formula is C21H23F3N4OS. The van der Waals surface area contributed by atoms with Gasteiger partial charge < -0.3 is 9.80 Å². The average molecular weight is 437 g/mol. The van der Waals surface area contributed by atoms with Crippen molar-refractivity contribution >= 4 is 29.3 Å². The zero-order valence-corrected chi connectivity index (χ0v) is 17.4. The van der Waals surface area contributed by atoms with Crippen LogP contribution in [-0.2, 0) is 11.0 Å². The van der Waals surface area contributed by atoms with Crippen LogP contribution in [-0.4, -0.2) is 40.8 Å². The molecule has 0 N–H and O–H groups in total. The molecule has 160 valence electrons. The maximum Gasteiger partial charge on any atom is 0.416 e. The Morgan fingerprint density at radius 3 is 2.67 bits per heavy atom. The summed E-state index contributed by atoms with van der Waals surface area (Å²) in [5.74, 6) is 0.157. The Kier molecular flexibility index (Phi) is 5.90. The lowest BCUT2D eigenvalue weighted by Crippen LogP contribution is -2.46. The number of hydrogen-bond donors (Lipinski definition) is 0. The van der Waals surface area contributed by atoms with Gasteiger partial charge in [0.05, 0.1) is 17.2 Å². The van der Waals surface area contributed by atoms with E-state index >= 15 is 0 Å². The molecule has 5 nitrogen and oxygen atoms in total. The van der Waals surface area contributed by atoms with E-state index in [0.29, 0.717) is 31.1 Å². The van der Waals surface area contributed by atoms with Crippen LogP contribution in [0.25, 0.3) is 0 Å². The molecule has 2 unspecified atom stereocenters. The van der Waals surface area contributed by atoms with Crippen molar-refractivity contribution in [2.45, 2.75) is 42.5 Å². The Balaban J connectivity index is 1.62. The Bertz CT molecular complexity index is 909. The van der Waals surface area contributed by atoms with Gasteiger partial charge >= 0.3 is 6.18 Å². The molecule has 4 rings (SSSR count). The van der Waals surface area contributed by atoms with Gasteiger partial charge in [-0.3, -0.25) is 4.79 Å². The molecule has 30 heavy (non-hydrogen) atoms. The van der Waals surface area contributed by atoms with E-state index in [1.165, 1.54) is 17.8 Å². The van der Waals surface area contributed by atoms with Crippen molar-refractivity contribution in [1.29, 1.82) is 0 Å². The Morgan fingerprint density at radius 1 is 1.17 bits per heavy atom. The lowest BCUT2D eigenvalue weighted by Gasteiger charge is -2.35. The summed E-state index contributed by atoms with van der Waals surface area (Å²) < 4.78 is 40.0. The third kappa shape index (κ3) is 4.40. The van der Waals surface area contributed by atoms with Gasteiger partial charge in [-0.15, -0.1) is 11.8 Å². The van der Waals surface area contributed by atoms with E-state index in [1.807, 2.05) is 11.8 Å². The molecule has 0 saturated carbocycles. The molecule has 2 aliphatic heterocycles.